The molecule has 0 radical (unpaired) electrons. The number of ether oxygens (including phenoxy) is 2. The summed E-state index contributed by atoms with van der Waals surface area (Å²) >= 11 is 5.81. The first-order chi connectivity index (χ1) is 9.81. The highest BCUT2D eigenvalue weighted by molar-refractivity contribution is 6.32. The first-order valence-electron chi connectivity index (χ1n) is 5.79. The fourth-order valence-electron chi connectivity index (χ4n) is 1.64. The van der Waals surface area contributed by atoms with Gasteiger partial charge in [-0.3, -0.25) is 0 Å². The Morgan fingerprint density at radius 3 is 2.33 bits per heavy atom. The van der Waals surface area contributed by atoms with Crippen LogP contribution in [-0.2, 0) is 6.18 Å². The minimum absolute atomic E-state index is 0.108. The summed E-state index contributed by atoms with van der Waals surface area (Å²) in [7, 11) is 1.45. The lowest BCUT2D eigenvalue weighted by molar-refractivity contribution is -0.137. The van der Waals surface area contributed by atoms with Gasteiger partial charge in [-0.1, -0.05) is 11.6 Å². The topological polar surface area (TPSA) is 44.5 Å². The smallest absolute Gasteiger partial charge is 0.416 e. The average molecular weight is 318 g/mol. The third kappa shape index (κ3) is 3.52. The predicted molar refractivity (Wildman–Crippen MR) is 73.9 cm³/mol. The number of halogens is 4. The third-order valence-corrected chi connectivity index (χ3v) is 2.99. The van der Waals surface area contributed by atoms with Gasteiger partial charge in [0.05, 0.1) is 23.4 Å². The molecule has 2 aromatic carbocycles. The number of benzene rings is 2. The highest BCUT2D eigenvalue weighted by Crippen LogP contribution is 2.37. The molecular formula is C14H11ClF3NO2. The molecule has 0 aliphatic carbocycles. The predicted octanol–water partition coefficient (Wildman–Crippen LogP) is 4.74. The van der Waals surface area contributed by atoms with Crippen molar-refractivity contribution in [3.63, 3.8) is 0 Å². The molecule has 3 nitrogen and oxygen atoms in total. The SMILES string of the molecule is COc1cc(Oc2ccc(C(F)(F)F)cc2Cl)ccc1N. The number of hydrogen-bond acceptors (Lipinski definition) is 3. The fraction of sp³-hybridized carbons (Fsp3) is 0.143. The lowest BCUT2D eigenvalue weighted by atomic mass is 10.2. The van der Waals surface area contributed by atoms with Crippen molar-refractivity contribution in [3.05, 3.63) is 47.0 Å². The van der Waals surface area contributed by atoms with E-state index in [4.69, 9.17) is 26.8 Å². The highest BCUT2D eigenvalue weighted by Gasteiger charge is 2.31. The van der Waals surface area contributed by atoms with Crippen molar-refractivity contribution >= 4 is 17.3 Å². The standard InChI is InChI=1S/C14H11ClF3NO2/c1-20-13-7-9(3-4-11(13)19)21-12-5-2-8(6-10(12)15)14(16,17)18/h2-7H,19H2,1H3. The summed E-state index contributed by atoms with van der Waals surface area (Å²) in [5.41, 5.74) is 5.24. The minimum atomic E-state index is -4.45. The van der Waals surface area contributed by atoms with Crippen LogP contribution in [0.1, 0.15) is 5.56 Å². The molecule has 0 bridgehead atoms. The Labute approximate surface area is 124 Å². The summed E-state index contributed by atoms with van der Waals surface area (Å²) in [6.45, 7) is 0. The zero-order chi connectivity index (χ0) is 15.6. The van der Waals surface area contributed by atoms with Crippen molar-refractivity contribution < 1.29 is 22.6 Å². The summed E-state index contributed by atoms with van der Waals surface area (Å²) in [5, 5.41) is -0.138. The Hall–Kier alpha value is -2.08. The van der Waals surface area contributed by atoms with E-state index in [0.29, 0.717) is 17.2 Å². The molecule has 0 aliphatic rings. The van der Waals surface area contributed by atoms with Crippen LogP contribution in [0.15, 0.2) is 36.4 Å². The molecule has 112 valence electrons. The molecule has 0 amide bonds. The van der Waals surface area contributed by atoms with Crippen molar-refractivity contribution in [2.24, 2.45) is 0 Å². The van der Waals surface area contributed by atoms with E-state index >= 15 is 0 Å². The van der Waals surface area contributed by atoms with Crippen LogP contribution >= 0.6 is 11.6 Å². The van der Waals surface area contributed by atoms with E-state index in [1.54, 1.807) is 12.1 Å². The largest absolute Gasteiger partial charge is 0.494 e. The number of anilines is 1. The van der Waals surface area contributed by atoms with Crippen LogP contribution in [-0.4, -0.2) is 7.11 Å². The summed E-state index contributed by atoms with van der Waals surface area (Å²) in [6.07, 6.45) is -4.45. The third-order valence-electron chi connectivity index (χ3n) is 2.69. The number of methoxy groups -OCH3 is 1. The number of rotatable bonds is 3. The maximum absolute atomic E-state index is 12.5. The summed E-state index contributed by atoms with van der Waals surface area (Å²) in [5.74, 6) is 0.856. The number of nitrogens with two attached hydrogens (primary N) is 1. The van der Waals surface area contributed by atoms with Gasteiger partial charge in [0, 0.05) is 6.07 Å². The lowest BCUT2D eigenvalue weighted by Crippen LogP contribution is -2.04. The van der Waals surface area contributed by atoms with Crippen LogP contribution in [0, 0.1) is 0 Å². The quantitative estimate of drug-likeness (QED) is 0.831. The summed E-state index contributed by atoms with van der Waals surface area (Å²) < 4.78 is 48.1. The second kappa shape index (κ2) is 5.73. The minimum Gasteiger partial charge on any atom is -0.494 e. The van der Waals surface area contributed by atoms with E-state index in [2.05, 4.69) is 0 Å². The van der Waals surface area contributed by atoms with Crippen LogP contribution in [0.2, 0.25) is 5.02 Å². The molecule has 0 fully saturated rings. The Morgan fingerprint density at radius 1 is 1.05 bits per heavy atom. The van der Waals surface area contributed by atoms with Crippen LogP contribution in [0.25, 0.3) is 0 Å². The van der Waals surface area contributed by atoms with Gasteiger partial charge in [0.2, 0.25) is 0 Å². The van der Waals surface area contributed by atoms with Gasteiger partial charge in [0.15, 0.2) is 0 Å². The van der Waals surface area contributed by atoms with Gasteiger partial charge in [-0.2, -0.15) is 13.2 Å². The average Bonchev–Trinajstić information content (AvgIpc) is 2.42. The van der Waals surface area contributed by atoms with Gasteiger partial charge in [0.1, 0.15) is 17.2 Å². The van der Waals surface area contributed by atoms with Crippen molar-refractivity contribution in [3.8, 4) is 17.2 Å². The fourth-order valence-corrected chi connectivity index (χ4v) is 1.86. The second-order valence-electron chi connectivity index (χ2n) is 4.15. The first-order valence-corrected chi connectivity index (χ1v) is 6.17. The maximum atomic E-state index is 12.5. The number of alkyl halides is 3. The summed E-state index contributed by atoms with van der Waals surface area (Å²) in [4.78, 5) is 0. The van der Waals surface area contributed by atoms with Crippen LogP contribution in [0.4, 0.5) is 18.9 Å². The molecule has 0 spiro atoms. The van der Waals surface area contributed by atoms with Crippen molar-refractivity contribution in [2.75, 3.05) is 12.8 Å². The van der Waals surface area contributed by atoms with Gasteiger partial charge in [-0.05, 0) is 30.3 Å². The maximum Gasteiger partial charge on any atom is 0.416 e. The number of nitrogen functional groups attached to an aromatic ring is 1. The molecule has 0 heterocycles. The van der Waals surface area contributed by atoms with Gasteiger partial charge in [-0.15, -0.1) is 0 Å². The van der Waals surface area contributed by atoms with Gasteiger partial charge in [0.25, 0.3) is 0 Å². The monoisotopic (exact) mass is 317 g/mol. The molecule has 0 unspecified atom stereocenters. The second-order valence-corrected chi connectivity index (χ2v) is 4.56. The Balaban J connectivity index is 2.28. The van der Waals surface area contributed by atoms with E-state index < -0.39 is 11.7 Å². The summed E-state index contributed by atoms with van der Waals surface area (Å²) in [6, 6.07) is 7.51. The molecule has 0 aliphatic heterocycles. The van der Waals surface area contributed by atoms with Gasteiger partial charge in [-0.25, -0.2) is 0 Å². The molecule has 2 N–H and O–H groups in total. The molecule has 0 saturated carbocycles. The molecule has 2 rings (SSSR count). The van der Waals surface area contributed by atoms with E-state index in [0.717, 1.165) is 18.2 Å². The zero-order valence-electron chi connectivity index (χ0n) is 10.9. The van der Waals surface area contributed by atoms with E-state index in [-0.39, 0.29) is 10.8 Å². The highest BCUT2D eigenvalue weighted by atomic mass is 35.5. The molecule has 0 aromatic heterocycles. The molecule has 2 aromatic rings. The van der Waals surface area contributed by atoms with Gasteiger partial charge >= 0.3 is 6.18 Å². The molecule has 0 atom stereocenters. The molecule has 7 heteroatoms. The lowest BCUT2D eigenvalue weighted by Gasteiger charge is -2.12. The zero-order valence-corrected chi connectivity index (χ0v) is 11.6. The van der Waals surface area contributed by atoms with E-state index in [9.17, 15) is 13.2 Å². The molecule has 21 heavy (non-hydrogen) atoms. The van der Waals surface area contributed by atoms with Crippen molar-refractivity contribution in [2.45, 2.75) is 6.18 Å². The van der Waals surface area contributed by atoms with E-state index in [1.165, 1.54) is 13.2 Å². The van der Waals surface area contributed by atoms with Crippen LogP contribution in [0.5, 0.6) is 17.2 Å². The Morgan fingerprint density at radius 2 is 1.76 bits per heavy atom. The van der Waals surface area contributed by atoms with Crippen molar-refractivity contribution in [1.82, 2.24) is 0 Å². The number of hydrogen-bond donors (Lipinski definition) is 1. The van der Waals surface area contributed by atoms with Crippen LogP contribution in [0.3, 0.4) is 0 Å². The Bertz CT molecular complexity index is 659. The normalized spacial score (nSPS) is 11.3. The van der Waals surface area contributed by atoms with Crippen LogP contribution < -0.4 is 15.2 Å². The molecular weight excluding hydrogens is 307 g/mol. The first kappa shape index (κ1) is 15.3. The van der Waals surface area contributed by atoms with Gasteiger partial charge < -0.3 is 15.2 Å². The Kier molecular flexibility index (Phi) is 4.18. The van der Waals surface area contributed by atoms with E-state index in [1.807, 2.05) is 0 Å². The molecule has 0 saturated heterocycles. The van der Waals surface area contributed by atoms with Crippen molar-refractivity contribution in [1.29, 1.82) is 0 Å².